The van der Waals surface area contributed by atoms with Crippen LogP contribution in [-0.4, -0.2) is 46.9 Å². The Morgan fingerprint density at radius 3 is 2.36 bits per heavy atom. The maximum atomic E-state index is 13.6. The van der Waals surface area contributed by atoms with E-state index in [2.05, 4.69) is 22.5 Å². The van der Waals surface area contributed by atoms with Crippen LogP contribution in [-0.2, 0) is 24.8 Å². The highest BCUT2D eigenvalue weighted by atomic mass is 35.5. The molecule has 2 amide bonds. The van der Waals surface area contributed by atoms with Gasteiger partial charge in [-0.2, -0.15) is 0 Å². The summed E-state index contributed by atoms with van der Waals surface area (Å²) in [5.74, 6) is -2.43. The van der Waals surface area contributed by atoms with Crippen molar-refractivity contribution in [3.05, 3.63) is 56.8 Å². The number of anilines is 1. The molecule has 2 aromatic carbocycles. The standard InChI is InChI=1S/C31H39Cl2F2N5O2/c1-18-9-11-40(12-10-18)24-15-25-23(13-21(24)28(41)37-17-31(5,34)35)38-26(39(25)6)14-20-22(32)8-7-19(27(20)33)16-36-29(42)30(2,3)4/h7-8,13,15,18H,9-12,14,16-17H2,1-6H3,(H,36,42)(H,37,41). The van der Waals surface area contributed by atoms with Crippen molar-refractivity contribution in [3.63, 3.8) is 0 Å². The number of imidazole rings is 1. The summed E-state index contributed by atoms with van der Waals surface area (Å²) in [4.78, 5) is 32.5. The quantitative estimate of drug-likeness (QED) is 0.291. The Bertz CT molecular complexity index is 1490. The summed E-state index contributed by atoms with van der Waals surface area (Å²) in [5, 5.41) is 6.24. The fraction of sp³-hybridized carbons (Fsp3) is 0.516. The molecule has 1 saturated heterocycles. The normalized spacial score (nSPS) is 14.9. The third-order valence-electron chi connectivity index (χ3n) is 7.74. The largest absolute Gasteiger partial charge is 0.371 e. The van der Waals surface area contributed by atoms with Crippen LogP contribution in [0.5, 0.6) is 0 Å². The van der Waals surface area contributed by atoms with Crippen molar-refractivity contribution in [1.29, 1.82) is 0 Å². The summed E-state index contributed by atoms with van der Waals surface area (Å²) < 4.78 is 29.1. The number of carbonyl (C=O) groups excluding carboxylic acids is 2. The van der Waals surface area contributed by atoms with Crippen molar-refractivity contribution in [2.45, 2.75) is 66.3 Å². The van der Waals surface area contributed by atoms with E-state index in [0.717, 1.165) is 43.9 Å². The van der Waals surface area contributed by atoms with Crippen molar-refractivity contribution in [2.24, 2.45) is 18.4 Å². The van der Waals surface area contributed by atoms with Gasteiger partial charge in [0.15, 0.2) is 0 Å². The van der Waals surface area contributed by atoms with Crippen LogP contribution < -0.4 is 15.5 Å². The number of hydrogen-bond acceptors (Lipinski definition) is 4. The molecule has 1 aromatic heterocycles. The Balaban J connectivity index is 1.70. The van der Waals surface area contributed by atoms with Gasteiger partial charge in [-0.25, -0.2) is 13.8 Å². The fourth-order valence-corrected chi connectivity index (χ4v) is 5.57. The summed E-state index contributed by atoms with van der Waals surface area (Å²) in [6.45, 7) is 9.55. The van der Waals surface area contributed by atoms with Crippen LogP contribution in [0, 0.1) is 11.3 Å². The van der Waals surface area contributed by atoms with Crippen LogP contribution in [0.25, 0.3) is 11.0 Å². The number of aromatic nitrogens is 2. The number of fused-ring (bicyclic) bond motifs is 1. The molecule has 3 aromatic rings. The van der Waals surface area contributed by atoms with E-state index in [1.54, 1.807) is 18.2 Å². The molecule has 11 heteroatoms. The Kier molecular flexibility index (Phi) is 9.43. The molecule has 2 heterocycles. The lowest BCUT2D eigenvalue weighted by Gasteiger charge is -2.33. The predicted octanol–water partition coefficient (Wildman–Crippen LogP) is 6.75. The number of aryl methyl sites for hydroxylation is 1. The number of nitrogens with zero attached hydrogens (tertiary/aromatic N) is 3. The first-order chi connectivity index (χ1) is 19.5. The highest BCUT2D eigenvalue weighted by Crippen LogP contribution is 2.34. The summed E-state index contributed by atoms with van der Waals surface area (Å²) in [7, 11) is 1.89. The predicted molar refractivity (Wildman–Crippen MR) is 165 cm³/mol. The van der Waals surface area contributed by atoms with Gasteiger partial charge in [-0.3, -0.25) is 9.59 Å². The van der Waals surface area contributed by atoms with Gasteiger partial charge in [0.2, 0.25) is 5.91 Å². The first-order valence-corrected chi connectivity index (χ1v) is 14.9. The van der Waals surface area contributed by atoms with E-state index in [0.29, 0.717) is 50.5 Å². The van der Waals surface area contributed by atoms with Gasteiger partial charge in [-0.15, -0.1) is 0 Å². The Morgan fingerprint density at radius 1 is 1.07 bits per heavy atom. The van der Waals surface area contributed by atoms with Crippen LogP contribution in [0.15, 0.2) is 24.3 Å². The van der Waals surface area contributed by atoms with Crippen molar-refractivity contribution >= 4 is 51.7 Å². The monoisotopic (exact) mass is 621 g/mol. The second kappa shape index (κ2) is 12.4. The van der Waals surface area contributed by atoms with E-state index in [1.165, 1.54) is 0 Å². The lowest BCUT2D eigenvalue weighted by molar-refractivity contribution is -0.128. The van der Waals surface area contributed by atoms with Crippen LogP contribution in [0.2, 0.25) is 10.0 Å². The molecule has 4 rings (SSSR count). The molecule has 42 heavy (non-hydrogen) atoms. The van der Waals surface area contributed by atoms with Gasteiger partial charge in [0.05, 0.1) is 33.9 Å². The first kappa shape index (κ1) is 32.0. The van der Waals surface area contributed by atoms with Gasteiger partial charge in [-0.1, -0.05) is 57.0 Å². The van der Waals surface area contributed by atoms with Crippen molar-refractivity contribution in [2.75, 3.05) is 24.5 Å². The second-order valence-electron chi connectivity index (χ2n) is 12.5. The van der Waals surface area contributed by atoms with Gasteiger partial charge < -0.3 is 20.1 Å². The number of amides is 2. The van der Waals surface area contributed by atoms with Crippen LogP contribution in [0.1, 0.15) is 74.8 Å². The molecule has 1 aliphatic heterocycles. The van der Waals surface area contributed by atoms with E-state index in [4.69, 9.17) is 28.2 Å². The third-order valence-corrected chi connectivity index (χ3v) is 8.57. The molecule has 1 aliphatic rings. The molecule has 0 aliphatic carbocycles. The molecular formula is C31H39Cl2F2N5O2. The first-order valence-electron chi connectivity index (χ1n) is 14.2. The number of nitrogens with one attached hydrogen (secondary N) is 2. The fourth-order valence-electron chi connectivity index (χ4n) is 5.00. The summed E-state index contributed by atoms with van der Waals surface area (Å²) in [6.07, 6.45) is 2.27. The number of carbonyl (C=O) groups is 2. The molecule has 2 N–H and O–H groups in total. The Labute approximate surface area is 255 Å². The van der Waals surface area contributed by atoms with Crippen molar-refractivity contribution in [3.8, 4) is 0 Å². The lowest BCUT2D eigenvalue weighted by atomic mass is 9.95. The minimum absolute atomic E-state index is 0.0909. The average Bonchev–Trinajstić information content (AvgIpc) is 3.21. The topological polar surface area (TPSA) is 79.3 Å². The Morgan fingerprint density at radius 2 is 1.74 bits per heavy atom. The summed E-state index contributed by atoms with van der Waals surface area (Å²) >= 11 is 13.4. The number of halogens is 4. The number of alkyl halides is 2. The average molecular weight is 623 g/mol. The SMILES string of the molecule is CC1CCN(c2cc3c(cc2C(=O)NCC(C)(F)F)nc(Cc2c(Cl)ccc(CNC(=O)C(C)(C)C)c2Cl)n3C)CC1. The smallest absolute Gasteiger partial charge is 0.262 e. The zero-order valence-electron chi connectivity index (χ0n) is 25.0. The molecule has 0 radical (unpaired) electrons. The zero-order chi connectivity index (χ0) is 31.0. The lowest BCUT2D eigenvalue weighted by Crippen LogP contribution is -2.37. The van der Waals surface area contributed by atoms with Crippen molar-refractivity contribution in [1.82, 2.24) is 20.2 Å². The maximum Gasteiger partial charge on any atom is 0.262 e. The molecule has 7 nitrogen and oxygen atoms in total. The van der Waals surface area contributed by atoms with E-state index in [9.17, 15) is 18.4 Å². The number of benzene rings is 2. The van der Waals surface area contributed by atoms with Crippen LogP contribution in [0.3, 0.4) is 0 Å². The number of piperidine rings is 1. The summed E-state index contributed by atoms with van der Waals surface area (Å²) in [5.41, 5.74) is 3.26. The summed E-state index contributed by atoms with van der Waals surface area (Å²) in [6, 6.07) is 7.15. The Hall–Kier alpha value is -2.91. The molecule has 0 spiro atoms. The highest BCUT2D eigenvalue weighted by Gasteiger charge is 2.27. The maximum absolute atomic E-state index is 13.6. The highest BCUT2D eigenvalue weighted by molar-refractivity contribution is 6.36. The zero-order valence-corrected chi connectivity index (χ0v) is 26.5. The van der Waals surface area contributed by atoms with Crippen LogP contribution >= 0.6 is 23.2 Å². The van der Waals surface area contributed by atoms with E-state index in [-0.39, 0.29) is 12.5 Å². The third kappa shape index (κ3) is 7.35. The molecule has 228 valence electrons. The minimum atomic E-state index is -3.03. The van der Waals surface area contributed by atoms with Gasteiger partial charge in [0, 0.05) is 50.5 Å². The molecule has 0 saturated carbocycles. The van der Waals surface area contributed by atoms with Crippen LogP contribution in [0.4, 0.5) is 14.5 Å². The molecule has 0 unspecified atom stereocenters. The molecule has 1 fully saturated rings. The van der Waals surface area contributed by atoms with Gasteiger partial charge in [-0.05, 0) is 48.1 Å². The second-order valence-corrected chi connectivity index (χ2v) is 13.3. The minimum Gasteiger partial charge on any atom is -0.371 e. The molecule has 0 atom stereocenters. The molecular weight excluding hydrogens is 583 g/mol. The number of rotatable bonds is 8. The van der Waals surface area contributed by atoms with Crippen molar-refractivity contribution < 1.29 is 18.4 Å². The van der Waals surface area contributed by atoms with E-state index in [1.807, 2.05) is 38.5 Å². The van der Waals surface area contributed by atoms with E-state index >= 15 is 0 Å². The van der Waals surface area contributed by atoms with Gasteiger partial charge in [0.1, 0.15) is 5.82 Å². The number of hydrogen-bond donors (Lipinski definition) is 2. The van der Waals surface area contributed by atoms with Gasteiger partial charge >= 0.3 is 0 Å². The van der Waals surface area contributed by atoms with Gasteiger partial charge in [0.25, 0.3) is 11.8 Å². The van der Waals surface area contributed by atoms with E-state index < -0.39 is 23.8 Å². The molecule has 0 bridgehead atoms.